The van der Waals surface area contributed by atoms with Crippen LogP contribution in [0.15, 0.2) is 42.7 Å². The van der Waals surface area contributed by atoms with E-state index in [4.69, 9.17) is 4.74 Å². The van der Waals surface area contributed by atoms with Crippen molar-refractivity contribution >= 4 is 0 Å². The van der Waals surface area contributed by atoms with Crippen LogP contribution in [0.2, 0.25) is 0 Å². The zero-order valence-electron chi connectivity index (χ0n) is 9.60. The Bertz CT molecular complexity index is 465. The largest absolute Gasteiger partial charge is 0.496 e. The van der Waals surface area contributed by atoms with Crippen molar-refractivity contribution in [1.82, 2.24) is 4.98 Å². The number of methoxy groups -OCH3 is 1. The van der Waals surface area contributed by atoms with Crippen LogP contribution in [0.5, 0.6) is 5.75 Å². The Kier molecular flexibility index (Phi) is 3.20. The van der Waals surface area contributed by atoms with Crippen molar-refractivity contribution in [2.75, 3.05) is 7.11 Å². The summed E-state index contributed by atoms with van der Waals surface area (Å²) in [6, 6.07) is 10.3. The van der Waals surface area contributed by atoms with Crippen LogP contribution in [-0.2, 0) is 6.42 Å². The lowest BCUT2D eigenvalue weighted by Gasteiger charge is -2.07. The highest BCUT2D eigenvalue weighted by Crippen LogP contribution is 2.20. The van der Waals surface area contributed by atoms with Gasteiger partial charge in [-0.15, -0.1) is 0 Å². The predicted octanol–water partition coefficient (Wildman–Crippen LogP) is 2.99. The molecule has 0 N–H and O–H groups in total. The second-order valence-electron chi connectivity index (χ2n) is 3.84. The lowest BCUT2D eigenvalue weighted by Crippen LogP contribution is -1.92. The Labute approximate surface area is 95.9 Å². The van der Waals surface area contributed by atoms with Gasteiger partial charge < -0.3 is 4.74 Å². The number of benzene rings is 1. The molecule has 0 bridgehead atoms. The highest BCUT2D eigenvalue weighted by Gasteiger charge is 2.01. The van der Waals surface area contributed by atoms with Crippen molar-refractivity contribution in [2.45, 2.75) is 13.3 Å². The SMILES string of the molecule is COc1ccc(Cc2cccnc2)cc1C. The molecule has 1 aromatic carbocycles. The number of hydrogen-bond acceptors (Lipinski definition) is 2. The van der Waals surface area contributed by atoms with Gasteiger partial charge in [-0.3, -0.25) is 4.98 Å². The van der Waals surface area contributed by atoms with Crippen LogP contribution in [0.4, 0.5) is 0 Å². The molecule has 2 aromatic rings. The van der Waals surface area contributed by atoms with Gasteiger partial charge in [-0.25, -0.2) is 0 Å². The highest BCUT2D eigenvalue weighted by atomic mass is 16.5. The van der Waals surface area contributed by atoms with Gasteiger partial charge >= 0.3 is 0 Å². The van der Waals surface area contributed by atoms with Gasteiger partial charge in [0.05, 0.1) is 7.11 Å². The van der Waals surface area contributed by atoms with E-state index in [2.05, 4.69) is 30.1 Å². The minimum Gasteiger partial charge on any atom is -0.496 e. The van der Waals surface area contributed by atoms with E-state index < -0.39 is 0 Å². The van der Waals surface area contributed by atoms with Crippen LogP contribution in [0.25, 0.3) is 0 Å². The summed E-state index contributed by atoms with van der Waals surface area (Å²) in [5, 5.41) is 0. The fourth-order valence-electron chi connectivity index (χ4n) is 1.79. The zero-order valence-corrected chi connectivity index (χ0v) is 9.60. The van der Waals surface area contributed by atoms with E-state index in [1.54, 1.807) is 13.3 Å². The average molecular weight is 213 g/mol. The van der Waals surface area contributed by atoms with Crippen molar-refractivity contribution in [2.24, 2.45) is 0 Å². The number of pyridine rings is 1. The molecule has 2 heteroatoms. The van der Waals surface area contributed by atoms with Crippen molar-refractivity contribution in [1.29, 1.82) is 0 Å². The van der Waals surface area contributed by atoms with E-state index in [9.17, 15) is 0 Å². The van der Waals surface area contributed by atoms with Gasteiger partial charge in [-0.05, 0) is 42.2 Å². The van der Waals surface area contributed by atoms with E-state index in [1.165, 1.54) is 16.7 Å². The molecule has 0 aliphatic rings. The first kappa shape index (κ1) is 10.7. The normalized spacial score (nSPS) is 10.1. The summed E-state index contributed by atoms with van der Waals surface area (Å²) in [6.07, 6.45) is 4.61. The minimum atomic E-state index is 0.915. The third-order valence-corrected chi connectivity index (χ3v) is 2.59. The molecule has 1 heterocycles. The molecule has 0 saturated carbocycles. The van der Waals surface area contributed by atoms with Crippen LogP contribution in [0, 0.1) is 6.92 Å². The Morgan fingerprint density at radius 1 is 1.19 bits per heavy atom. The van der Waals surface area contributed by atoms with Crippen LogP contribution in [0.1, 0.15) is 16.7 Å². The van der Waals surface area contributed by atoms with E-state index in [0.717, 1.165) is 12.2 Å². The van der Waals surface area contributed by atoms with Crippen molar-refractivity contribution in [3.63, 3.8) is 0 Å². The number of aromatic nitrogens is 1. The molecular formula is C14H15NO. The maximum absolute atomic E-state index is 5.24. The zero-order chi connectivity index (χ0) is 11.4. The van der Waals surface area contributed by atoms with Gasteiger partial charge in [0.15, 0.2) is 0 Å². The third kappa shape index (κ3) is 2.40. The Morgan fingerprint density at radius 2 is 2.06 bits per heavy atom. The topological polar surface area (TPSA) is 22.1 Å². The molecule has 2 nitrogen and oxygen atoms in total. The van der Waals surface area contributed by atoms with Gasteiger partial charge in [-0.2, -0.15) is 0 Å². The van der Waals surface area contributed by atoms with Crippen molar-refractivity contribution in [3.05, 3.63) is 59.4 Å². The Hall–Kier alpha value is -1.83. The number of nitrogens with zero attached hydrogens (tertiary/aromatic N) is 1. The molecule has 0 radical (unpaired) electrons. The second-order valence-corrected chi connectivity index (χ2v) is 3.84. The summed E-state index contributed by atoms with van der Waals surface area (Å²) in [5.41, 5.74) is 3.68. The summed E-state index contributed by atoms with van der Waals surface area (Å²) >= 11 is 0. The first-order chi connectivity index (χ1) is 7.79. The molecule has 0 amide bonds. The molecule has 82 valence electrons. The fourth-order valence-corrected chi connectivity index (χ4v) is 1.79. The molecule has 0 saturated heterocycles. The van der Waals surface area contributed by atoms with E-state index in [-0.39, 0.29) is 0 Å². The summed E-state index contributed by atoms with van der Waals surface area (Å²) in [5.74, 6) is 0.940. The summed E-state index contributed by atoms with van der Waals surface area (Å²) < 4.78 is 5.24. The molecular weight excluding hydrogens is 198 g/mol. The van der Waals surface area contributed by atoms with Crippen LogP contribution >= 0.6 is 0 Å². The lowest BCUT2D eigenvalue weighted by molar-refractivity contribution is 0.411. The summed E-state index contributed by atoms with van der Waals surface area (Å²) in [7, 11) is 1.70. The molecule has 0 aliphatic heterocycles. The third-order valence-electron chi connectivity index (χ3n) is 2.59. The van der Waals surface area contributed by atoms with Gasteiger partial charge in [0.1, 0.15) is 5.75 Å². The second kappa shape index (κ2) is 4.79. The van der Waals surface area contributed by atoms with Crippen molar-refractivity contribution < 1.29 is 4.74 Å². The Morgan fingerprint density at radius 3 is 2.69 bits per heavy atom. The molecule has 1 aromatic heterocycles. The molecule has 0 unspecified atom stereocenters. The predicted molar refractivity (Wildman–Crippen MR) is 64.8 cm³/mol. The molecule has 0 fully saturated rings. The molecule has 2 rings (SSSR count). The smallest absolute Gasteiger partial charge is 0.121 e. The van der Waals surface area contributed by atoms with Gasteiger partial charge in [0.2, 0.25) is 0 Å². The van der Waals surface area contributed by atoms with E-state index >= 15 is 0 Å². The number of rotatable bonds is 3. The molecule has 0 aliphatic carbocycles. The van der Waals surface area contributed by atoms with Crippen molar-refractivity contribution in [3.8, 4) is 5.75 Å². The number of aryl methyl sites for hydroxylation is 1. The maximum atomic E-state index is 5.24. The quantitative estimate of drug-likeness (QED) is 0.782. The van der Waals surface area contributed by atoms with Gasteiger partial charge in [0.25, 0.3) is 0 Å². The number of hydrogen-bond donors (Lipinski definition) is 0. The van der Waals surface area contributed by atoms with Crippen LogP contribution in [-0.4, -0.2) is 12.1 Å². The van der Waals surface area contributed by atoms with Crippen LogP contribution < -0.4 is 4.74 Å². The maximum Gasteiger partial charge on any atom is 0.121 e. The molecule has 0 spiro atoms. The summed E-state index contributed by atoms with van der Waals surface area (Å²) in [4.78, 5) is 4.11. The number of ether oxygens (including phenoxy) is 1. The Balaban J connectivity index is 2.20. The monoisotopic (exact) mass is 213 g/mol. The molecule has 16 heavy (non-hydrogen) atoms. The standard InChI is InChI=1S/C14H15NO/c1-11-8-12(5-6-14(11)16-2)9-13-4-3-7-15-10-13/h3-8,10H,9H2,1-2H3. The van der Waals surface area contributed by atoms with Crippen LogP contribution in [0.3, 0.4) is 0 Å². The van der Waals surface area contributed by atoms with E-state index in [0.29, 0.717) is 0 Å². The summed E-state index contributed by atoms with van der Waals surface area (Å²) in [6.45, 7) is 2.06. The minimum absolute atomic E-state index is 0.915. The fraction of sp³-hybridized carbons (Fsp3) is 0.214. The molecule has 0 atom stereocenters. The van der Waals surface area contributed by atoms with Gasteiger partial charge in [0, 0.05) is 12.4 Å². The first-order valence-electron chi connectivity index (χ1n) is 5.32. The average Bonchev–Trinajstić information content (AvgIpc) is 2.31. The highest BCUT2D eigenvalue weighted by molar-refractivity contribution is 5.37. The first-order valence-corrected chi connectivity index (χ1v) is 5.32. The van der Waals surface area contributed by atoms with E-state index in [1.807, 2.05) is 18.3 Å². The lowest BCUT2D eigenvalue weighted by atomic mass is 10.0. The van der Waals surface area contributed by atoms with Gasteiger partial charge in [-0.1, -0.05) is 18.2 Å².